The molecule has 0 aliphatic carbocycles. The van der Waals surface area contributed by atoms with Gasteiger partial charge in [-0.15, -0.1) is 0 Å². The van der Waals surface area contributed by atoms with E-state index in [0.29, 0.717) is 28.8 Å². The molecule has 6 nitrogen and oxygen atoms in total. The fourth-order valence-electron chi connectivity index (χ4n) is 1.91. The molecule has 0 unspecified atom stereocenters. The molecule has 0 spiro atoms. The molecule has 2 rings (SSSR count). The van der Waals surface area contributed by atoms with Gasteiger partial charge in [0.2, 0.25) is 0 Å². The highest BCUT2D eigenvalue weighted by Crippen LogP contribution is 2.27. The van der Waals surface area contributed by atoms with E-state index in [1.807, 2.05) is 6.92 Å². The van der Waals surface area contributed by atoms with E-state index in [4.69, 9.17) is 37.4 Å². The van der Waals surface area contributed by atoms with E-state index < -0.39 is 18.5 Å². The Balaban J connectivity index is 1.73. The van der Waals surface area contributed by atoms with E-state index in [2.05, 4.69) is 5.32 Å². The molecule has 1 amide bonds. The molecule has 1 N–H and O–H groups in total. The number of anilines is 1. The molecule has 2 aromatic rings. The molecule has 8 heteroatoms. The number of halogens is 2. The normalized spacial score (nSPS) is 10.1. The Morgan fingerprint density at radius 1 is 1.00 bits per heavy atom. The van der Waals surface area contributed by atoms with Crippen LogP contribution in [0.2, 0.25) is 10.0 Å². The van der Waals surface area contributed by atoms with Crippen molar-refractivity contribution >= 4 is 40.8 Å². The second kappa shape index (κ2) is 9.89. The van der Waals surface area contributed by atoms with Crippen molar-refractivity contribution < 1.29 is 23.8 Å². The van der Waals surface area contributed by atoms with Crippen LogP contribution in [0.5, 0.6) is 11.5 Å². The standard InChI is InChI=1S/C18H17Cl2NO5/c1-2-24-14-6-4-13(5-7-14)21-17(22)10-26-18(23)11-25-16-8-3-12(19)9-15(16)20/h3-9H,2,10-11H2,1H3,(H,21,22). The summed E-state index contributed by atoms with van der Waals surface area (Å²) in [7, 11) is 0. The van der Waals surface area contributed by atoms with Gasteiger partial charge in [-0.3, -0.25) is 4.79 Å². The minimum Gasteiger partial charge on any atom is -0.494 e. The van der Waals surface area contributed by atoms with Gasteiger partial charge in [-0.25, -0.2) is 4.79 Å². The van der Waals surface area contributed by atoms with Gasteiger partial charge in [-0.1, -0.05) is 23.2 Å². The molecule has 0 radical (unpaired) electrons. The van der Waals surface area contributed by atoms with Crippen molar-refractivity contribution in [2.24, 2.45) is 0 Å². The van der Waals surface area contributed by atoms with Crippen LogP contribution in [0.15, 0.2) is 42.5 Å². The molecule has 0 saturated carbocycles. The molecule has 0 saturated heterocycles. The van der Waals surface area contributed by atoms with Crippen LogP contribution in [-0.4, -0.2) is 31.7 Å². The largest absolute Gasteiger partial charge is 0.494 e. The van der Waals surface area contributed by atoms with Crippen molar-refractivity contribution in [3.63, 3.8) is 0 Å². The molecule has 2 aromatic carbocycles. The highest BCUT2D eigenvalue weighted by Gasteiger charge is 2.10. The Morgan fingerprint density at radius 2 is 1.73 bits per heavy atom. The molecule has 0 aromatic heterocycles. The predicted molar refractivity (Wildman–Crippen MR) is 99.2 cm³/mol. The third-order valence-corrected chi connectivity index (χ3v) is 3.58. The van der Waals surface area contributed by atoms with Crippen LogP contribution in [0.1, 0.15) is 6.92 Å². The number of nitrogens with one attached hydrogen (secondary N) is 1. The minimum absolute atomic E-state index is 0.276. The second-order valence-corrected chi connectivity index (χ2v) is 5.87. The molecule has 0 fully saturated rings. The number of hydrogen-bond acceptors (Lipinski definition) is 5. The Labute approximate surface area is 160 Å². The van der Waals surface area contributed by atoms with Crippen molar-refractivity contribution in [3.05, 3.63) is 52.5 Å². The predicted octanol–water partition coefficient (Wildman–Crippen LogP) is 3.95. The maximum Gasteiger partial charge on any atom is 0.344 e. The summed E-state index contributed by atoms with van der Waals surface area (Å²) in [5, 5.41) is 3.34. The van der Waals surface area contributed by atoms with Gasteiger partial charge < -0.3 is 19.5 Å². The molecular weight excluding hydrogens is 381 g/mol. The number of hydrogen-bond donors (Lipinski definition) is 1. The molecule has 26 heavy (non-hydrogen) atoms. The fourth-order valence-corrected chi connectivity index (χ4v) is 2.38. The third-order valence-electron chi connectivity index (χ3n) is 3.05. The molecule has 0 bridgehead atoms. The number of esters is 1. The van der Waals surface area contributed by atoms with E-state index in [-0.39, 0.29) is 11.6 Å². The van der Waals surface area contributed by atoms with Crippen LogP contribution in [0.25, 0.3) is 0 Å². The van der Waals surface area contributed by atoms with Crippen molar-refractivity contribution in [1.82, 2.24) is 0 Å². The average Bonchev–Trinajstić information content (AvgIpc) is 2.61. The first-order chi connectivity index (χ1) is 12.5. The Hall–Kier alpha value is -2.44. The van der Waals surface area contributed by atoms with Crippen molar-refractivity contribution in [3.8, 4) is 11.5 Å². The summed E-state index contributed by atoms with van der Waals surface area (Å²) in [6.45, 7) is 1.64. The number of carbonyl (C=O) groups is 2. The van der Waals surface area contributed by atoms with Crippen LogP contribution in [0.4, 0.5) is 5.69 Å². The van der Waals surface area contributed by atoms with Gasteiger partial charge in [0.1, 0.15) is 11.5 Å². The highest BCUT2D eigenvalue weighted by atomic mass is 35.5. The molecule has 0 aliphatic rings. The van der Waals surface area contributed by atoms with Gasteiger partial charge in [0.15, 0.2) is 13.2 Å². The maximum absolute atomic E-state index is 11.8. The van der Waals surface area contributed by atoms with Gasteiger partial charge >= 0.3 is 5.97 Å². The lowest BCUT2D eigenvalue weighted by molar-refractivity contribution is -0.149. The summed E-state index contributed by atoms with van der Waals surface area (Å²) in [5.41, 5.74) is 0.568. The quantitative estimate of drug-likeness (QED) is 0.682. The van der Waals surface area contributed by atoms with Crippen molar-refractivity contribution in [2.45, 2.75) is 6.92 Å². The van der Waals surface area contributed by atoms with Crippen molar-refractivity contribution in [1.29, 1.82) is 0 Å². The van der Waals surface area contributed by atoms with Crippen LogP contribution in [0, 0.1) is 0 Å². The third kappa shape index (κ3) is 6.46. The van der Waals surface area contributed by atoms with E-state index in [1.165, 1.54) is 12.1 Å². The molecule has 0 aliphatic heterocycles. The topological polar surface area (TPSA) is 73.9 Å². The summed E-state index contributed by atoms with van der Waals surface area (Å²) in [6.07, 6.45) is 0. The van der Waals surface area contributed by atoms with E-state index in [0.717, 1.165) is 0 Å². The van der Waals surface area contributed by atoms with Crippen LogP contribution in [-0.2, 0) is 14.3 Å². The molecule has 0 heterocycles. The lowest BCUT2D eigenvalue weighted by atomic mass is 10.3. The summed E-state index contributed by atoms with van der Waals surface area (Å²) in [5.74, 6) is -0.160. The van der Waals surface area contributed by atoms with E-state index in [1.54, 1.807) is 30.3 Å². The fraction of sp³-hybridized carbons (Fsp3) is 0.222. The number of amides is 1. The van der Waals surface area contributed by atoms with Crippen LogP contribution < -0.4 is 14.8 Å². The first kappa shape index (κ1) is 19.9. The van der Waals surface area contributed by atoms with Crippen LogP contribution >= 0.6 is 23.2 Å². The summed E-state index contributed by atoms with van der Waals surface area (Å²) in [4.78, 5) is 23.5. The number of ether oxygens (including phenoxy) is 3. The molecule has 0 atom stereocenters. The average molecular weight is 398 g/mol. The SMILES string of the molecule is CCOc1ccc(NC(=O)COC(=O)COc2ccc(Cl)cc2Cl)cc1. The zero-order valence-electron chi connectivity index (χ0n) is 14.0. The van der Waals surface area contributed by atoms with Gasteiger partial charge in [0.25, 0.3) is 5.91 Å². The highest BCUT2D eigenvalue weighted by molar-refractivity contribution is 6.35. The Morgan fingerprint density at radius 3 is 2.38 bits per heavy atom. The van der Waals surface area contributed by atoms with Gasteiger partial charge in [-0.2, -0.15) is 0 Å². The second-order valence-electron chi connectivity index (χ2n) is 5.03. The molecule has 138 valence electrons. The lowest BCUT2D eigenvalue weighted by Crippen LogP contribution is -2.23. The maximum atomic E-state index is 11.8. The lowest BCUT2D eigenvalue weighted by Gasteiger charge is -2.09. The summed E-state index contributed by atoms with van der Waals surface area (Å²) < 4.78 is 15.4. The zero-order valence-corrected chi connectivity index (χ0v) is 15.5. The summed E-state index contributed by atoms with van der Waals surface area (Å²) >= 11 is 11.7. The van der Waals surface area contributed by atoms with Crippen LogP contribution in [0.3, 0.4) is 0 Å². The number of rotatable bonds is 8. The Kier molecular flexibility index (Phi) is 7.56. The molecular formula is C18H17Cl2NO5. The monoisotopic (exact) mass is 397 g/mol. The number of carbonyl (C=O) groups excluding carboxylic acids is 2. The summed E-state index contributed by atoms with van der Waals surface area (Å²) in [6, 6.07) is 11.5. The van der Waals surface area contributed by atoms with Gasteiger partial charge in [0, 0.05) is 10.7 Å². The van der Waals surface area contributed by atoms with E-state index in [9.17, 15) is 9.59 Å². The first-order valence-corrected chi connectivity index (χ1v) is 8.49. The van der Waals surface area contributed by atoms with Crippen molar-refractivity contribution in [2.75, 3.05) is 25.1 Å². The zero-order chi connectivity index (χ0) is 18.9. The first-order valence-electron chi connectivity index (χ1n) is 7.74. The number of benzene rings is 2. The smallest absolute Gasteiger partial charge is 0.344 e. The Bertz CT molecular complexity index is 765. The van der Waals surface area contributed by atoms with E-state index >= 15 is 0 Å². The van der Waals surface area contributed by atoms with Gasteiger partial charge in [-0.05, 0) is 49.4 Å². The minimum atomic E-state index is -0.696. The van der Waals surface area contributed by atoms with Gasteiger partial charge in [0.05, 0.1) is 11.6 Å².